The first-order chi connectivity index (χ1) is 8.04. The van der Waals surface area contributed by atoms with Crippen LogP contribution in [0.5, 0.6) is 0 Å². The number of hydrogen-bond donors (Lipinski definition) is 3. The van der Waals surface area contributed by atoms with Crippen molar-refractivity contribution in [2.45, 2.75) is 25.8 Å². The number of amides is 1. The summed E-state index contributed by atoms with van der Waals surface area (Å²) in [5, 5.41) is 11.3. The number of aryl methyl sites for hydroxylation is 1. The first-order valence-corrected chi connectivity index (χ1v) is 5.40. The van der Waals surface area contributed by atoms with E-state index in [1.54, 1.807) is 6.07 Å². The van der Waals surface area contributed by atoms with Crippen molar-refractivity contribution in [3.05, 3.63) is 29.8 Å². The monoisotopic (exact) mass is 236 g/mol. The highest BCUT2D eigenvalue weighted by molar-refractivity contribution is 5.94. The summed E-state index contributed by atoms with van der Waals surface area (Å²) in [6.07, 6.45) is 0.564. The molecule has 5 heteroatoms. The fraction of sp³-hybridized carbons (Fsp3) is 0.333. The van der Waals surface area contributed by atoms with Crippen molar-refractivity contribution in [3.8, 4) is 0 Å². The Labute approximate surface area is 99.6 Å². The molecule has 0 spiro atoms. The normalized spacial score (nSPS) is 11.9. The van der Waals surface area contributed by atoms with Crippen molar-refractivity contribution in [1.29, 1.82) is 0 Å². The Morgan fingerprint density at radius 1 is 1.41 bits per heavy atom. The maximum absolute atomic E-state index is 11.5. The summed E-state index contributed by atoms with van der Waals surface area (Å²) in [5.41, 5.74) is 6.99. The van der Waals surface area contributed by atoms with Crippen LogP contribution < -0.4 is 11.1 Å². The Kier molecular flexibility index (Phi) is 4.66. The minimum atomic E-state index is -1.18. The molecule has 1 unspecified atom stereocenters. The molecule has 0 saturated carbocycles. The molecule has 0 aliphatic carbocycles. The van der Waals surface area contributed by atoms with E-state index in [9.17, 15) is 9.59 Å². The van der Waals surface area contributed by atoms with Gasteiger partial charge in [-0.15, -0.1) is 0 Å². The Bertz CT molecular complexity index is 418. The molecule has 0 aliphatic rings. The zero-order valence-electron chi connectivity index (χ0n) is 9.64. The van der Waals surface area contributed by atoms with Crippen molar-refractivity contribution in [1.82, 2.24) is 0 Å². The molecule has 0 saturated heterocycles. The van der Waals surface area contributed by atoms with Gasteiger partial charge in [0.25, 0.3) is 0 Å². The van der Waals surface area contributed by atoms with Gasteiger partial charge >= 0.3 is 5.97 Å². The third-order valence-electron chi connectivity index (χ3n) is 2.39. The number of nitrogens with one attached hydrogen (secondary N) is 1. The summed E-state index contributed by atoms with van der Waals surface area (Å²) in [5.74, 6) is -1.57. The number of nitrogens with two attached hydrogens (primary N) is 1. The van der Waals surface area contributed by atoms with Crippen LogP contribution in [0.25, 0.3) is 0 Å². The Morgan fingerprint density at radius 3 is 2.65 bits per heavy atom. The summed E-state index contributed by atoms with van der Waals surface area (Å²) in [6, 6.07) is 6.22. The summed E-state index contributed by atoms with van der Waals surface area (Å²) in [7, 11) is 0. The zero-order chi connectivity index (χ0) is 12.8. The molecule has 5 nitrogen and oxygen atoms in total. The van der Waals surface area contributed by atoms with Gasteiger partial charge in [-0.2, -0.15) is 0 Å². The lowest BCUT2D eigenvalue weighted by Gasteiger charge is -2.10. The molecule has 0 radical (unpaired) electrons. The molecule has 17 heavy (non-hydrogen) atoms. The number of carboxylic acid groups (broad SMARTS) is 1. The van der Waals surface area contributed by atoms with E-state index >= 15 is 0 Å². The number of para-hydroxylation sites is 1. The average molecular weight is 236 g/mol. The van der Waals surface area contributed by atoms with Gasteiger partial charge in [-0.3, -0.25) is 9.59 Å². The van der Waals surface area contributed by atoms with Crippen LogP contribution >= 0.6 is 0 Å². The van der Waals surface area contributed by atoms with E-state index < -0.39 is 12.0 Å². The maximum atomic E-state index is 11.5. The molecule has 4 N–H and O–H groups in total. The maximum Gasteiger partial charge on any atom is 0.321 e. The van der Waals surface area contributed by atoms with Crippen LogP contribution in [0.1, 0.15) is 18.9 Å². The van der Waals surface area contributed by atoms with E-state index in [4.69, 9.17) is 10.8 Å². The molecule has 1 aromatic rings. The van der Waals surface area contributed by atoms with Gasteiger partial charge in [-0.25, -0.2) is 0 Å². The van der Waals surface area contributed by atoms with E-state index in [1.807, 2.05) is 25.1 Å². The van der Waals surface area contributed by atoms with Gasteiger partial charge in [-0.05, 0) is 18.1 Å². The topological polar surface area (TPSA) is 92.4 Å². The molecular weight excluding hydrogens is 220 g/mol. The summed E-state index contributed by atoms with van der Waals surface area (Å²) >= 11 is 0. The van der Waals surface area contributed by atoms with Crippen LogP contribution in [0.15, 0.2) is 24.3 Å². The number of hydrogen-bond acceptors (Lipinski definition) is 3. The SMILES string of the molecule is CCc1ccccc1NC(=O)CC(N)C(=O)O. The fourth-order valence-corrected chi connectivity index (χ4v) is 1.44. The molecular formula is C12H16N2O3. The first kappa shape index (κ1) is 13.2. The number of anilines is 1. The second kappa shape index (κ2) is 6.00. The van der Waals surface area contributed by atoms with Crippen LogP contribution in [0.3, 0.4) is 0 Å². The quantitative estimate of drug-likeness (QED) is 0.710. The predicted molar refractivity (Wildman–Crippen MR) is 64.7 cm³/mol. The first-order valence-electron chi connectivity index (χ1n) is 5.40. The predicted octanol–water partition coefficient (Wildman–Crippen LogP) is 0.989. The van der Waals surface area contributed by atoms with Gasteiger partial charge in [0.2, 0.25) is 5.91 Å². The highest BCUT2D eigenvalue weighted by atomic mass is 16.4. The van der Waals surface area contributed by atoms with Gasteiger partial charge in [0.15, 0.2) is 0 Å². The Morgan fingerprint density at radius 2 is 2.06 bits per heavy atom. The molecule has 0 aliphatic heterocycles. The van der Waals surface area contributed by atoms with Crippen LogP contribution in [0, 0.1) is 0 Å². The molecule has 92 valence electrons. The minimum Gasteiger partial charge on any atom is -0.480 e. The largest absolute Gasteiger partial charge is 0.480 e. The van der Waals surface area contributed by atoms with E-state index in [0.29, 0.717) is 5.69 Å². The lowest BCUT2D eigenvalue weighted by atomic mass is 10.1. The van der Waals surface area contributed by atoms with Gasteiger partial charge in [0, 0.05) is 5.69 Å². The zero-order valence-corrected chi connectivity index (χ0v) is 9.64. The average Bonchev–Trinajstić information content (AvgIpc) is 2.29. The van der Waals surface area contributed by atoms with Crippen LogP contribution in [0.2, 0.25) is 0 Å². The molecule has 0 fully saturated rings. The molecule has 0 aromatic heterocycles. The highest BCUT2D eigenvalue weighted by Crippen LogP contribution is 2.15. The second-order valence-corrected chi connectivity index (χ2v) is 3.71. The minimum absolute atomic E-state index is 0.229. The molecule has 1 rings (SSSR count). The fourth-order valence-electron chi connectivity index (χ4n) is 1.44. The lowest BCUT2D eigenvalue weighted by molar-refractivity contribution is -0.140. The molecule has 0 bridgehead atoms. The van der Waals surface area contributed by atoms with Crippen molar-refractivity contribution >= 4 is 17.6 Å². The van der Waals surface area contributed by atoms with E-state index in [0.717, 1.165) is 12.0 Å². The Balaban J connectivity index is 2.65. The van der Waals surface area contributed by atoms with Crippen molar-refractivity contribution < 1.29 is 14.7 Å². The number of carbonyl (C=O) groups is 2. The van der Waals surface area contributed by atoms with Gasteiger partial charge < -0.3 is 16.2 Å². The summed E-state index contributed by atoms with van der Waals surface area (Å²) < 4.78 is 0. The van der Waals surface area contributed by atoms with E-state index in [2.05, 4.69) is 5.32 Å². The highest BCUT2D eigenvalue weighted by Gasteiger charge is 2.16. The van der Waals surface area contributed by atoms with Crippen LogP contribution in [0.4, 0.5) is 5.69 Å². The summed E-state index contributed by atoms with van der Waals surface area (Å²) in [4.78, 5) is 22.0. The van der Waals surface area contributed by atoms with E-state index in [1.165, 1.54) is 0 Å². The molecule has 1 atom stereocenters. The van der Waals surface area contributed by atoms with Gasteiger partial charge in [0.05, 0.1) is 6.42 Å². The van der Waals surface area contributed by atoms with Gasteiger partial charge in [0.1, 0.15) is 6.04 Å². The smallest absolute Gasteiger partial charge is 0.321 e. The van der Waals surface area contributed by atoms with Crippen LogP contribution in [-0.2, 0) is 16.0 Å². The van der Waals surface area contributed by atoms with E-state index in [-0.39, 0.29) is 12.3 Å². The number of carboxylic acids is 1. The molecule has 1 aromatic carbocycles. The standard InChI is InChI=1S/C12H16N2O3/c1-2-8-5-3-4-6-10(8)14-11(15)7-9(13)12(16)17/h3-6,9H,2,7,13H2,1H3,(H,14,15)(H,16,17). The number of rotatable bonds is 5. The molecule has 1 amide bonds. The number of carbonyl (C=O) groups excluding carboxylic acids is 1. The van der Waals surface area contributed by atoms with Crippen LogP contribution in [-0.4, -0.2) is 23.0 Å². The third kappa shape index (κ3) is 3.88. The number of benzene rings is 1. The van der Waals surface area contributed by atoms with Crippen molar-refractivity contribution in [3.63, 3.8) is 0 Å². The lowest BCUT2D eigenvalue weighted by Crippen LogP contribution is -2.34. The van der Waals surface area contributed by atoms with Crippen molar-refractivity contribution in [2.24, 2.45) is 5.73 Å². The second-order valence-electron chi connectivity index (χ2n) is 3.71. The van der Waals surface area contributed by atoms with Gasteiger partial charge in [-0.1, -0.05) is 25.1 Å². The molecule has 0 heterocycles. The third-order valence-corrected chi connectivity index (χ3v) is 2.39. The number of aliphatic carboxylic acids is 1. The summed E-state index contributed by atoms with van der Waals surface area (Å²) in [6.45, 7) is 1.98. The van der Waals surface area contributed by atoms with Crippen molar-refractivity contribution in [2.75, 3.05) is 5.32 Å². The Hall–Kier alpha value is -1.88.